The molecule has 19 heavy (non-hydrogen) atoms. The second-order valence-corrected chi connectivity index (χ2v) is 7.18. The van der Waals surface area contributed by atoms with Gasteiger partial charge in [0.2, 0.25) is 0 Å². The van der Waals surface area contributed by atoms with E-state index in [9.17, 15) is 13.5 Å². The molecule has 5 nitrogen and oxygen atoms in total. The second kappa shape index (κ2) is 7.23. The summed E-state index contributed by atoms with van der Waals surface area (Å²) in [5, 5.41) is 9.82. The van der Waals surface area contributed by atoms with Crippen LogP contribution in [0.25, 0.3) is 0 Å². The van der Waals surface area contributed by atoms with E-state index in [0.717, 1.165) is 6.26 Å². The molecule has 1 aromatic carbocycles. The first-order valence-electron chi connectivity index (χ1n) is 5.60. The van der Waals surface area contributed by atoms with Crippen molar-refractivity contribution in [3.8, 4) is 5.75 Å². The molecule has 0 aliphatic rings. The summed E-state index contributed by atoms with van der Waals surface area (Å²) in [6.45, 7) is 0.894. The Hall–Kier alpha value is -0.630. The highest BCUT2D eigenvalue weighted by atomic mass is 79.9. The number of aliphatic hydroxyl groups excluding tert-OH is 1. The van der Waals surface area contributed by atoms with Gasteiger partial charge in [0.25, 0.3) is 0 Å². The van der Waals surface area contributed by atoms with Crippen LogP contribution in [0.15, 0.2) is 22.7 Å². The molecule has 0 spiro atoms. The molecule has 1 N–H and O–H groups in total. The van der Waals surface area contributed by atoms with Gasteiger partial charge in [-0.15, -0.1) is 0 Å². The number of sulfone groups is 1. The van der Waals surface area contributed by atoms with Crippen LogP contribution in [-0.4, -0.2) is 45.9 Å². The molecule has 0 aliphatic carbocycles. The van der Waals surface area contributed by atoms with Gasteiger partial charge in [-0.25, -0.2) is 8.42 Å². The van der Waals surface area contributed by atoms with Crippen molar-refractivity contribution in [2.45, 2.75) is 6.10 Å². The Morgan fingerprint density at radius 3 is 2.58 bits per heavy atom. The molecule has 0 fully saturated rings. The van der Waals surface area contributed by atoms with Gasteiger partial charge in [0.1, 0.15) is 22.2 Å². The summed E-state index contributed by atoms with van der Waals surface area (Å²) < 4.78 is 33.2. The predicted octanol–water partition coefficient (Wildman–Crippen LogP) is 1.55. The SMILES string of the molecule is COCCOc1ccc(C(O)CS(C)(=O)=O)cc1Br. The van der Waals surface area contributed by atoms with Crippen LogP contribution in [0, 0.1) is 0 Å². The Morgan fingerprint density at radius 2 is 2.05 bits per heavy atom. The van der Waals surface area contributed by atoms with Gasteiger partial charge in [-0.2, -0.15) is 0 Å². The Balaban J connectivity index is 2.75. The van der Waals surface area contributed by atoms with Gasteiger partial charge in [-0.3, -0.25) is 0 Å². The van der Waals surface area contributed by atoms with E-state index in [2.05, 4.69) is 15.9 Å². The number of benzene rings is 1. The molecule has 7 heteroatoms. The Morgan fingerprint density at radius 1 is 1.37 bits per heavy atom. The molecule has 0 aliphatic heterocycles. The minimum Gasteiger partial charge on any atom is -0.490 e. The smallest absolute Gasteiger partial charge is 0.150 e. The quantitative estimate of drug-likeness (QED) is 0.753. The second-order valence-electron chi connectivity index (χ2n) is 4.14. The lowest BCUT2D eigenvalue weighted by Crippen LogP contribution is -2.13. The molecule has 0 heterocycles. The zero-order chi connectivity index (χ0) is 14.5. The van der Waals surface area contributed by atoms with Crippen molar-refractivity contribution in [3.05, 3.63) is 28.2 Å². The van der Waals surface area contributed by atoms with Gasteiger partial charge >= 0.3 is 0 Å². The molecule has 0 saturated heterocycles. The minimum atomic E-state index is -3.23. The number of aliphatic hydroxyl groups is 1. The van der Waals surface area contributed by atoms with Crippen LogP contribution < -0.4 is 4.74 Å². The number of methoxy groups -OCH3 is 1. The van der Waals surface area contributed by atoms with Crippen LogP contribution in [0.5, 0.6) is 5.75 Å². The van der Waals surface area contributed by atoms with Gasteiger partial charge in [0.15, 0.2) is 0 Å². The first-order valence-corrected chi connectivity index (χ1v) is 8.46. The summed E-state index contributed by atoms with van der Waals surface area (Å²) in [6.07, 6.45) is 0.0485. The molecular weight excluding hydrogens is 336 g/mol. The maximum atomic E-state index is 11.1. The summed E-state index contributed by atoms with van der Waals surface area (Å²) in [5.41, 5.74) is 0.524. The zero-order valence-electron chi connectivity index (χ0n) is 10.8. The molecule has 0 aromatic heterocycles. The van der Waals surface area contributed by atoms with E-state index in [1.807, 2.05) is 0 Å². The van der Waals surface area contributed by atoms with E-state index in [1.54, 1.807) is 25.3 Å². The number of hydrogen-bond acceptors (Lipinski definition) is 5. The lowest BCUT2D eigenvalue weighted by molar-refractivity contribution is 0.146. The van der Waals surface area contributed by atoms with Gasteiger partial charge < -0.3 is 14.6 Å². The third kappa shape index (κ3) is 5.90. The number of ether oxygens (including phenoxy) is 2. The highest BCUT2D eigenvalue weighted by Gasteiger charge is 2.15. The summed E-state index contributed by atoms with van der Waals surface area (Å²) in [7, 11) is -1.64. The van der Waals surface area contributed by atoms with Gasteiger partial charge in [-0.1, -0.05) is 6.07 Å². The molecular formula is C12H17BrO5S. The molecule has 0 saturated carbocycles. The lowest BCUT2D eigenvalue weighted by atomic mass is 10.1. The first-order chi connectivity index (χ1) is 8.83. The number of rotatable bonds is 7. The average Bonchev–Trinajstić information content (AvgIpc) is 2.29. The third-order valence-electron chi connectivity index (χ3n) is 2.35. The largest absolute Gasteiger partial charge is 0.490 e. The van der Waals surface area contributed by atoms with Gasteiger partial charge in [0.05, 0.1) is 22.9 Å². The molecule has 1 rings (SSSR count). The van der Waals surface area contributed by atoms with Crippen LogP contribution in [0.3, 0.4) is 0 Å². The van der Waals surface area contributed by atoms with Crippen molar-refractivity contribution >= 4 is 25.8 Å². The topological polar surface area (TPSA) is 72.8 Å². The highest BCUT2D eigenvalue weighted by Crippen LogP contribution is 2.28. The normalized spacial score (nSPS) is 13.3. The Bertz CT molecular complexity index is 515. The fraction of sp³-hybridized carbons (Fsp3) is 0.500. The average molecular weight is 353 g/mol. The van der Waals surface area contributed by atoms with E-state index in [4.69, 9.17) is 9.47 Å². The van der Waals surface area contributed by atoms with Crippen molar-refractivity contribution < 1.29 is 23.0 Å². The van der Waals surface area contributed by atoms with Crippen molar-refractivity contribution in [2.75, 3.05) is 32.3 Å². The summed E-state index contributed by atoms with van der Waals surface area (Å²) in [6, 6.07) is 4.97. The lowest BCUT2D eigenvalue weighted by Gasteiger charge is -2.13. The third-order valence-corrected chi connectivity index (χ3v) is 3.89. The van der Waals surface area contributed by atoms with Crippen LogP contribution in [0.2, 0.25) is 0 Å². The van der Waals surface area contributed by atoms with E-state index in [-0.39, 0.29) is 5.75 Å². The summed E-state index contributed by atoms with van der Waals surface area (Å²) in [4.78, 5) is 0. The zero-order valence-corrected chi connectivity index (χ0v) is 13.2. The fourth-order valence-electron chi connectivity index (χ4n) is 1.46. The van der Waals surface area contributed by atoms with Crippen LogP contribution in [0.4, 0.5) is 0 Å². The molecule has 0 amide bonds. The van der Waals surface area contributed by atoms with Crippen molar-refractivity contribution in [1.29, 1.82) is 0 Å². The van der Waals surface area contributed by atoms with Crippen LogP contribution in [0.1, 0.15) is 11.7 Å². The van der Waals surface area contributed by atoms with Crippen LogP contribution >= 0.6 is 15.9 Å². The van der Waals surface area contributed by atoms with E-state index in [1.165, 1.54) is 0 Å². The molecule has 0 bridgehead atoms. The number of hydrogen-bond donors (Lipinski definition) is 1. The molecule has 1 aromatic rings. The van der Waals surface area contributed by atoms with Gasteiger partial charge in [-0.05, 0) is 33.6 Å². The Labute approximate surface area is 121 Å². The van der Waals surface area contributed by atoms with Crippen LogP contribution in [-0.2, 0) is 14.6 Å². The maximum Gasteiger partial charge on any atom is 0.150 e. The summed E-state index contributed by atoms with van der Waals surface area (Å²) >= 11 is 3.32. The maximum absolute atomic E-state index is 11.1. The van der Waals surface area contributed by atoms with E-state index in [0.29, 0.717) is 29.0 Å². The predicted molar refractivity (Wildman–Crippen MR) is 76.2 cm³/mol. The molecule has 108 valence electrons. The minimum absolute atomic E-state index is 0.302. The highest BCUT2D eigenvalue weighted by molar-refractivity contribution is 9.10. The fourth-order valence-corrected chi connectivity index (χ4v) is 2.74. The number of halogens is 1. The van der Waals surface area contributed by atoms with E-state index >= 15 is 0 Å². The Kier molecular flexibility index (Phi) is 6.25. The standard InChI is InChI=1S/C12H17BrO5S/c1-17-5-6-18-12-4-3-9(7-10(12)13)11(14)8-19(2,15)16/h3-4,7,11,14H,5-6,8H2,1-2H3. The molecule has 1 atom stereocenters. The van der Waals surface area contributed by atoms with Crippen molar-refractivity contribution in [3.63, 3.8) is 0 Å². The molecule has 0 radical (unpaired) electrons. The van der Waals surface area contributed by atoms with Gasteiger partial charge in [0, 0.05) is 13.4 Å². The monoisotopic (exact) mass is 352 g/mol. The van der Waals surface area contributed by atoms with Crippen molar-refractivity contribution in [2.24, 2.45) is 0 Å². The van der Waals surface area contributed by atoms with E-state index < -0.39 is 15.9 Å². The first kappa shape index (κ1) is 16.4. The summed E-state index contributed by atoms with van der Waals surface area (Å²) in [5.74, 6) is 0.316. The molecule has 1 unspecified atom stereocenters. The van der Waals surface area contributed by atoms with Crippen molar-refractivity contribution in [1.82, 2.24) is 0 Å².